The summed E-state index contributed by atoms with van der Waals surface area (Å²) in [7, 11) is -0.533. The Morgan fingerprint density at radius 1 is 1.03 bits per heavy atom. The molecule has 2 aromatic rings. The van der Waals surface area contributed by atoms with Crippen molar-refractivity contribution in [1.29, 1.82) is 0 Å². The highest BCUT2D eigenvalue weighted by atomic mass is 35.5. The number of amides is 2. The number of hydrogen-bond donors (Lipinski definition) is 0. The average Bonchev–Trinajstić information content (AvgIpc) is 2.94. The predicted molar refractivity (Wildman–Crippen MR) is 151 cm³/mol. The fraction of sp³-hybridized carbons (Fsp3) is 0.500. The number of methoxy groups -OCH3 is 2. The number of benzene rings is 2. The second-order valence-electron chi connectivity index (χ2n) is 9.54. The van der Waals surface area contributed by atoms with Crippen molar-refractivity contribution in [3.05, 3.63) is 64.7 Å². The Morgan fingerprint density at radius 2 is 1.67 bits per heavy atom. The minimum absolute atomic E-state index is 0.0347. The lowest BCUT2D eigenvalue weighted by Gasteiger charge is -2.39. The molecule has 1 aliphatic rings. The molecule has 0 unspecified atom stereocenters. The lowest BCUT2D eigenvalue weighted by atomic mass is 10.0. The van der Waals surface area contributed by atoms with Crippen molar-refractivity contribution in [2.45, 2.75) is 38.8 Å². The molecule has 11 heteroatoms. The van der Waals surface area contributed by atoms with Gasteiger partial charge in [-0.3, -0.25) is 9.59 Å². The number of hydrogen-bond acceptors (Lipinski definition) is 6. The number of nitrogens with zero attached hydrogens (tertiary/aromatic N) is 3. The number of piperidine rings is 1. The normalized spacial score (nSPS) is 14.4. The van der Waals surface area contributed by atoms with E-state index in [0.29, 0.717) is 55.2 Å². The smallest absolute Gasteiger partial charge is 0.253 e. The van der Waals surface area contributed by atoms with E-state index >= 15 is 0 Å². The summed E-state index contributed by atoms with van der Waals surface area (Å²) >= 11 is 6.06. The number of rotatable bonds is 13. The van der Waals surface area contributed by atoms with Crippen LogP contribution in [0.25, 0.3) is 0 Å². The van der Waals surface area contributed by atoms with Crippen LogP contribution in [-0.4, -0.2) is 93.1 Å². The van der Waals surface area contributed by atoms with E-state index in [-0.39, 0.29) is 43.3 Å². The van der Waals surface area contributed by atoms with Gasteiger partial charge in [0.05, 0.1) is 26.0 Å². The summed E-state index contributed by atoms with van der Waals surface area (Å²) in [5, 5.41) is 0.596. The van der Waals surface area contributed by atoms with Crippen molar-refractivity contribution in [1.82, 2.24) is 14.1 Å². The summed E-state index contributed by atoms with van der Waals surface area (Å²) in [6.45, 7) is 3.13. The van der Waals surface area contributed by atoms with Crippen LogP contribution in [0.2, 0.25) is 5.02 Å². The van der Waals surface area contributed by atoms with Gasteiger partial charge in [-0.25, -0.2) is 8.42 Å². The predicted octanol–water partition coefficient (Wildman–Crippen LogP) is 3.67. The fourth-order valence-corrected chi connectivity index (χ4v) is 6.20. The van der Waals surface area contributed by atoms with Crippen LogP contribution in [0.3, 0.4) is 0 Å². The third kappa shape index (κ3) is 8.66. The summed E-state index contributed by atoms with van der Waals surface area (Å²) in [4.78, 5) is 30.3. The molecule has 0 aliphatic carbocycles. The Morgan fingerprint density at radius 3 is 2.23 bits per heavy atom. The molecule has 0 saturated carbocycles. The van der Waals surface area contributed by atoms with Crippen molar-refractivity contribution in [2.24, 2.45) is 0 Å². The van der Waals surface area contributed by atoms with Crippen LogP contribution in [0.5, 0.6) is 5.75 Å². The highest BCUT2D eigenvalue weighted by Gasteiger charge is 2.33. The van der Waals surface area contributed by atoms with Crippen molar-refractivity contribution < 1.29 is 27.5 Å². The molecule has 0 radical (unpaired) electrons. The molecule has 214 valence electrons. The van der Waals surface area contributed by atoms with Gasteiger partial charge in [0.1, 0.15) is 5.75 Å². The fourth-order valence-electron chi connectivity index (χ4n) is 4.64. The van der Waals surface area contributed by atoms with Crippen LogP contribution >= 0.6 is 11.6 Å². The van der Waals surface area contributed by atoms with Crippen LogP contribution in [0.15, 0.2) is 48.5 Å². The maximum Gasteiger partial charge on any atom is 0.253 e. The largest absolute Gasteiger partial charge is 0.497 e. The maximum absolute atomic E-state index is 13.7. The number of carbonyl (C=O) groups excluding carboxylic acids is 2. The summed E-state index contributed by atoms with van der Waals surface area (Å²) in [6, 6.07) is 14.1. The molecular weight excluding hydrogens is 542 g/mol. The van der Waals surface area contributed by atoms with Gasteiger partial charge in [-0.1, -0.05) is 30.7 Å². The zero-order valence-corrected chi connectivity index (χ0v) is 24.4. The second kappa shape index (κ2) is 14.6. The highest BCUT2D eigenvalue weighted by molar-refractivity contribution is 7.89. The number of likely N-dealkylation sites (tertiary alicyclic amines) is 1. The van der Waals surface area contributed by atoms with Crippen molar-refractivity contribution in [2.75, 3.05) is 52.8 Å². The van der Waals surface area contributed by atoms with Gasteiger partial charge in [-0.05, 0) is 61.2 Å². The Balaban J connectivity index is 1.76. The zero-order valence-electron chi connectivity index (χ0n) is 22.8. The first-order valence-electron chi connectivity index (χ1n) is 13.1. The highest BCUT2D eigenvalue weighted by Crippen LogP contribution is 2.23. The minimum Gasteiger partial charge on any atom is -0.497 e. The Labute approximate surface area is 236 Å². The molecule has 0 bridgehead atoms. The van der Waals surface area contributed by atoms with E-state index in [9.17, 15) is 18.0 Å². The van der Waals surface area contributed by atoms with Crippen LogP contribution < -0.4 is 4.74 Å². The van der Waals surface area contributed by atoms with Crippen molar-refractivity contribution >= 4 is 33.4 Å². The molecule has 3 rings (SSSR count). The standard InChI is InChI=1S/C28H38ClN3O6S/c1-4-19-39(35,36)31(17-18-37-2)21-27(33)32(20-22-5-9-24(29)10-6-22)25-13-15-30(16-14-25)28(34)23-7-11-26(38-3)12-8-23/h5-12,25H,4,13-21H2,1-3H3. The average molecular weight is 580 g/mol. The monoisotopic (exact) mass is 579 g/mol. The molecule has 0 atom stereocenters. The summed E-state index contributed by atoms with van der Waals surface area (Å²) < 4.78 is 37.3. The van der Waals surface area contributed by atoms with Crippen LogP contribution in [0, 0.1) is 0 Å². The molecule has 1 aliphatic heterocycles. The molecule has 0 spiro atoms. The van der Waals surface area contributed by atoms with Gasteiger partial charge in [0.25, 0.3) is 5.91 Å². The molecule has 0 N–H and O–H groups in total. The van der Waals surface area contributed by atoms with E-state index < -0.39 is 10.0 Å². The summed E-state index contributed by atoms with van der Waals surface area (Å²) in [5.74, 6) is 0.304. The molecule has 0 aromatic heterocycles. The van der Waals surface area contributed by atoms with Gasteiger partial charge in [-0.15, -0.1) is 0 Å². The first-order chi connectivity index (χ1) is 18.7. The van der Waals surface area contributed by atoms with E-state index in [4.69, 9.17) is 21.1 Å². The number of ether oxygens (including phenoxy) is 2. The summed E-state index contributed by atoms with van der Waals surface area (Å²) in [6.07, 6.45) is 1.62. The molecule has 9 nitrogen and oxygen atoms in total. The number of halogens is 1. The maximum atomic E-state index is 13.7. The van der Waals surface area contributed by atoms with Gasteiger partial charge >= 0.3 is 0 Å². The molecular formula is C28H38ClN3O6S. The third-order valence-electron chi connectivity index (χ3n) is 6.83. The molecule has 1 fully saturated rings. The van der Waals surface area contributed by atoms with E-state index in [1.165, 1.54) is 11.4 Å². The van der Waals surface area contributed by atoms with E-state index in [1.54, 1.807) is 60.2 Å². The van der Waals surface area contributed by atoms with Gasteiger partial charge in [0, 0.05) is 49.9 Å². The first-order valence-corrected chi connectivity index (χ1v) is 15.1. The Kier molecular flexibility index (Phi) is 11.6. The van der Waals surface area contributed by atoms with Gasteiger partial charge in [0.2, 0.25) is 15.9 Å². The topological polar surface area (TPSA) is 96.5 Å². The van der Waals surface area contributed by atoms with Gasteiger partial charge < -0.3 is 19.3 Å². The molecule has 39 heavy (non-hydrogen) atoms. The van der Waals surface area contributed by atoms with Crippen LogP contribution in [-0.2, 0) is 26.1 Å². The molecule has 1 heterocycles. The molecule has 2 amide bonds. The van der Waals surface area contributed by atoms with Crippen molar-refractivity contribution in [3.8, 4) is 5.75 Å². The molecule has 2 aromatic carbocycles. The third-order valence-corrected chi connectivity index (χ3v) is 9.10. The lowest BCUT2D eigenvalue weighted by molar-refractivity contribution is -0.135. The second-order valence-corrected chi connectivity index (χ2v) is 12.1. The van der Waals surface area contributed by atoms with E-state index in [0.717, 1.165) is 5.56 Å². The Hall–Kier alpha value is -2.66. The zero-order chi connectivity index (χ0) is 28.4. The quantitative estimate of drug-likeness (QED) is 0.359. The van der Waals surface area contributed by atoms with Gasteiger partial charge in [0.15, 0.2) is 0 Å². The lowest BCUT2D eigenvalue weighted by Crippen LogP contribution is -2.51. The van der Waals surface area contributed by atoms with Crippen molar-refractivity contribution in [3.63, 3.8) is 0 Å². The van der Waals surface area contributed by atoms with Crippen LogP contribution in [0.4, 0.5) is 0 Å². The minimum atomic E-state index is -3.61. The Bertz CT molecular complexity index is 1180. The first kappa shape index (κ1) is 30.9. The van der Waals surface area contributed by atoms with E-state index in [1.807, 2.05) is 12.1 Å². The summed E-state index contributed by atoms with van der Waals surface area (Å²) in [5.41, 5.74) is 1.47. The SMILES string of the molecule is CCCS(=O)(=O)N(CCOC)CC(=O)N(Cc1ccc(Cl)cc1)C1CCN(C(=O)c2ccc(OC)cc2)CC1. The number of carbonyl (C=O) groups is 2. The van der Waals surface area contributed by atoms with Gasteiger partial charge in [-0.2, -0.15) is 4.31 Å². The molecule has 1 saturated heterocycles. The van der Waals surface area contributed by atoms with Crippen LogP contribution in [0.1, 0.15) is 42.1 Å². The van der Waals surface area contributed by atoms with E-state index in [2.05, 4.69) is 0 Å². The number of sulfonamides is 1.